The van der Waals surface area contributed by atoms with E-state index in [1.807, 2.05) is 60.7 Å². The third kappa shape index (κ3) is 4.59. The Hall–Kier alpha value is -4.05. The van der Waals surface area contributed by atoms with E-state index in [-0.39, 0.29) is 5.91 Å². The van der Waals surface area contributed by atoms with E-state index in [1.54, 1.807) is 20.3 Å². The molecule has 0 saturated heterocycles. The van der Waals surface area contributed by atoms with Gasteiger partial charge in [0, 0.05) is 17.3 Å². The zero-order chi connectivity index (χ0) is 21.6. The van der Waals surface area contributed by atoms with E-state index in [0.29, 0.717) is 5.75 Å². The molecule has 0 aliphatic carbocycles. The highest BCUT2D eigenvalue weighted by Gasteiger charge is 2.09. The number of ether oxygens (including phenoxy) is 2. The van der Waals surface area contributed by atoms with Crippen molar-refractivity contribution in [2.24, 2.45) is 0 Å². The van der Waals surface area contributed by atoms with Gasteiger partial charge in [-0.2, -0.15) is 0 Å². The minimum absolute atomic E-state index is 0.196. The third-order valence-corrected chi connectivity index (χ3v) is 5.09. The molecule has 0 radical (unpaired) electrons. The molecule has 0 aromatic heterocycles. The second-order valence-electron chi connectivity index (χ2n) is 7.04. The SMILES string of the molecule is COc1cccc(-c2ccc3c(C=CC(=O)Nc4ccccc4)c(OC)ccc3c2)c1. The number of benzene rings is 4. The van der Waals surface area contributed by atoms with Gasteiger partial charge in [-0.3, -0.25) is 4.79 Å². The van der Waals surface area contributed by atoms with Crippen LogP contribution in [-0.2, 0) is 4.79 Å². The number of hydrogen-bond acceptors (Lipinski definition) is 3. The Morgan fingerprint density at radius 1 is 0.806 bits per heavy atom. The van der Waals surface area contributed by atoms with Crippen LogP contribution in [0.15, 0.2) is 91.0 Å². The lowest BCUT2D eigenvalue weighted by Crippen LogP contribution is -2.07. The zero-order valence-corrected chi connectivity index (χ0v) is 17.5. The van der Waals surface area contributed by atoms with E-state index < -0.39 is 0 Å². The predicted molar refractivity (Wildman–Crippen MR) is 127 cm³/mol. The standard InChI is InChI=1S/C27H23NO3/c1-30-23-10-6-7-19(18-23)20-11-13-24-21(17-20)12-15-26(31-2)25(24)14-16-27(29)28-22-8-4-3-5-9-22/h3-18H,1-2H3,(H,28,29). The van der Waals surface area contributed by atoms with Gasteiger partial charge in [0.15, 0.2) is 0 Å². The predicted octanol–water partition coefficient (Wildman–Crippen LogP) is 6.18. The van der Waals surface area contributed by atoms with Crippen molar-refractivity contribution in [3.63, 3.8) is 0 Å². The highest BCUT2D eigenvalue weighted by atomic mass is 16.5. The van der Waals surface area contributed by atoms with Gasteiger partial charge in [-0.25, -0.2) is 0 Å². The summed E-state index contributed by atoms with van der Waals surface area (Å²) in [4.78, 5) is 12.4. The molecule has 4 aromatic carbocycles. The number of hydrogen-bond donors (Lipinski definition) is 1. The van der Waals surface area contributed by atoms with Crippen molar-refractivity contribution >= 4 is 28.4 Å². The van der Waals surface area contributed by atoms with Gasteiger partial charge in [-0.1, -0.05) is 48.5 Å². The van der Waals surface area contributed by atoms with Crippen LogP contribution in [0.3, 0.4) is 0 Å². The van der Waals surface area contributed by atoms with E-state index >= 15 is 0 Å². The molecule has 1 amide bonds. The van der Waals surface area contributed by atoms with Gasteiger partial charge < -0.3 is 14.8 Å². The Bertz CT molecular complexity index is 1250. The fourth-order valence-electron chi connectivity index (χ4n) is 3.53. The lowest BCUT2D eigenvalue weighted by atomic mass is 9.97. The van der Waals surface area contributed by atoms with Gasteiger partial charge in [0.05, 0.1) is 14.2 Å². The first-order chi connectivity index (χ1) is 15.2. The van der Waals surface area contributed by atoms with Crippen molar-refractivity contribution in [3.8, 4) is 22.6 Å². The number of rotatable bonds is 6. The average Bonchev–Trinajstić information content (AvgIpc) is 2.82. The number of methoxy groups -OCH3 is 2. The van der Waals surface area contributed by atoms with Crippen LogP contribution < -0.4 is 14.8 Å². The van der Waals surface area contributed by atoms with Crippen LogP contribution in [-0.4, -0.2) is 20.1 Å². The summed E-state index contributed by atoms with van der Waals surface area (Å²) in [5, 5.41) is 4.93. The van der Waals surface area contributed by atoms with E-state index in [4.69, 9.17) is 9.47 Å². The van der Waals surface area contributed by atoms with Crippen LogP contribution in [0.2, 0.25) is 0 Å². The molecule has 0 saturated carbocycles. The van der Waals surface area contributed by atoms with Gasteiger partial charge in [0.25, 0.3) is 0 Å². The van der Waals surface area contributed by atoms with Crippen molar-refractivity contribution in [2.75, 3.05) is 19.5 Å². The van der Waals surface area contributed by atoms with E-state index in [1.165, 1.54) is 6.08 Å². The van der Waals surface area contributed by atoms with Crippen LogP contribution in [0.5, 0.6) is 11.5 Å². The topological polar surface area (TPSA) is 47.6 Å². The van der Waals surface area contributed by atoms with Crippen LogP contribution in [0, 0.1) is 0 Å². The second kappa shape index (κ2) is 9.18. The summed E-state index contributed by atoms with van der Waals surface area (Å²) in [7, 11) is 3.30. The second-order valence-corrected chi connectivity index (χ2v) is 7.04. The monoisotopic (exact) mass is 409 g/mol. The lowest BCUT2D eigenvalue weighted by Gasteiger charge is -2.11. The largest absolute Gasteiger partial charge is 0.497 e. The van der Waals surface area contributed by atoms with E-state index in [0.717, 1.165) is 38.9 Å². The number of carbonyl (C=O) groups is 1. The summed E-state index contributed by atoms with van der Waals surface area (Å²) in [5.41, 5.74) is 3.79. The molecule has 1 N–H and O–H groups in total. The summed E-state index contributed by atoms with van der Waals surface area (Å²) >= 11 is 0. The maximum absolute atomic E-state index is 12.4. The summed E-state index contributed by atoms with van der Waals surface area (Å²) in [6.45, 7) is 0. The zero-order valence-electron chi connectivity index (χ0n) is 17.5. The van der Waals surface area contributed by atoms with E-state index in [2.05, 4.69) is 29.6 Å². The highest BCUT2D eigenvalue weighted by Crippen LogP contribution is 2.33. The van der Waals surface area contributed by atoms with Crippen molar-refractivity contribution in [2.45, 2.75) is 0 Å². The molecule has 0 aliphatic heterocycles. The van der Waals surface area contributed by atoms with Crippen molar-refractivity contribution < 1.29 is 14.3 Å². The quantitative estimate of drug-likeness (QED) is 0.387. The molecule has 0 heterocycles. The Morgan fingerprint density at radius 3 is 2.39 bits per heavy atom. The summed E-state index contributed by atoms with van der Waals surface area (Å²) in [6.07, 6.45) is 3.32. The van der Waals surface area contributed by atoms with Gasteiger partial charge in [0.1, 0.15) is 11.5 Å². The van der Waals surface area contributed by atoms with Crippen LogP contribution in [0.1, 0.15) is 5.56 Å². The summed E-state index contributed by atoms with van der Waals surface area (Å²) in [6, 6.07) is 27.6. The highest BCUT2D eigenvalue weighted by molar-refractivity contribution is 6.04. The Balaban J connectivity index is 1.68. The Morgan fingerprint density at radius 2 is 1.61 bits per heavy atom. The molecule has 0 fully saturated rings. The van der Waals surface area contributed by atoms with E-state index in [9.17, 15) is 4.79 Å². The first-order valence-electron chi connectivity index (χ1n) is 9.97. The summed E-state index contributed by atoms with van der Waals surface area (Å²) < 4.78 is 10.9. The average molecular weight is 409 g/mol. The molecule has 31 heavy (non-hydrogen) atoms. The minimum Gasteiger partial charge on any atom is -0.497 e. The van der Waals surface area contributed by atoms with Gasteiger partial charge in [-0.15, -0.1) is 0 Å². The molecule has 4 aromatic rings. The maximum atomic E-state index is 12.4. The smallest absolute Gasteiger partial charge is 0.248 e. The number of anilines is 1. The molecule has 0 spiro atoms. The summed E-state index contributed by atoms with van der Waals surface area (Å²) in [5.74, 6) is 1.34. The molecule has 0 atom stereocenters. The maximum Gasteiger partial charge on any atom is 0.248 e. The number of carbonyl (C=O) groups excluding carboxylic acids is 1. The lowest BCUT2D eigenvalue weighted by molar-refractivity contribution is -0.111. The van der Waals surface area contributed by atoms with Gasteiger partial charge >= 0.3 is 0 Å². The van der Waals surface area contributed by atoms with Crippen molar-refractivity contribution in [1.29, 1.82) is 0 Å². The number of fused-ring (bicyclic) bond motifs is 1. The number of para-hydroxylation sites is 1. The molecule has 0 unspecified atom stereocenters. The number of nitrogens with one attached hydrogen (secondary N) is 1. The molecule has 4 nitrogen and oxygen atoms in total. The fourth-order valence-corrected chi connectivity index (χ4v) is 3.53. The normalized spacial score (nSPS) is 10.9. The van der Waals surface area contributed by atoms with Gasteiger partial charge in [0.2, 0.25) is 5.91 Å². The molecular formula is C27H23NO3. The molecular weight excluding hydrogens is 386 g/mol. The minimum atomic E-state index is -0.196. The van der Waals surface area contributed by atoms with Crippen molar-refractivity contribution in [3.05, 3.63) is 96.6 Å². The van der Waals surface area contributed by atoms with Crippen LogP contribution in [0.4, 0.5) is 5.69 Å². The van der Waals surface area contributed by atoms with Crippen LogP contribution >= 0.6 is 0 Å². The molecule has 154 valence electrons. The van der Waals surface area contributed by atoms with Crippen molar-refractivity contribution in [1.82, 2.24) is 0 Å². The Kier molecular flexibility index (Phi) is 5.99. The Labute approximate surface area is 181 Å². The third-order valence-electron chi connectivity index (χ3n) is 5.09. The molecule has 0 bridgehead atoms. The first kappa shape index (κ1) is 20.2. The first-order valence-corrected chi connectivity index (χ1v) is 9.97. The molecule has 0 aliphatic rings. The molecule has 4 heteroatoms. The number of amides is 1. The fraction of sp³-hybridized carbons (Fsp3) is 0.0741. The van der Waals surface area contributed by atoms with Gasteiger partial charge in [-0.05, 0) is 64.4 Å². The van der Waals surface area contributed by atoms with Crippen LogP contribution in [0.25, 0.3) is 28.0 Å². The molecule has 4 rings (SSSR count).